The van der Waals surface area contributed by atoms with Crippen LogP contribution in [0.1, 0.15) is 24.8 Å². The summed E-state index contributed by atoms with van der Waals surface area (Å²) >= 11 is 0. The number of carbonyl (C=O) groups excluding carboxylic acids is 1. The Kier molecular flexibility index (Phi) is 4.59. The van der Waals surface area contributed by atoms with Gasteiger partial charge in [-0.25, -0.2) is 13.1 Å². The van der Waals surface area contributed by atoms with Gasteiger partial charge in [-0.05, 0) is 30.9 Å². The molecule has 2 atom stereocenters. The van der Waals surface area contributed by atoms with Gasteiger partial charge in [-0.3, -0.25) is 4.79 Å². The predicted molar refractivity (Wildman–Crippen MR) is 86.8 cm³/mol. The Morgan fingerprint density at radius 3 is 2.87 bits per heavy atom. The quantitative estimate of drug-likeness (QED) is 0.886. The molecule has 6 nitrogen and oxygen atoms in total. The van der Waals surface area contributed by atoms with Gasteiger partial charge in [0.15, 0.2) is 6.10 Å². The van der Waals surface area contributed by atoms with Gasteiger partial charge < -0.3 is 9.64 Å². The molecule has 0 radical (unpaired) electrons. The molecule has 0 aliphatic carbocycles. The van der Waals surface area contributed by atoms with E-state index in [0.29, 0.717) is 13.0 Å². The minimum Gasteiger partial charge on any atom is -0.480 e. The first kappa shape index (κ1) is 16.3. The average Bonchev–Trinajstić information content (AvgIpc) is 2.96. The highest BCUT2D eigenvalue weighted by Crippen LogP contribution is 2.30. The molecule has 1 saturated heterocycles. The first-order chi connectivity index (χ1) is 10.9. The number of hydrogen-bond donors (Lipinski definition) is 1. The number of carbonyl (C=O) groups is 1. The van der Waals surface area contributed by atoms with Gasteiger partial charge in [0.2, 0.25) is 10.0 Å². The summed E-state index contributed by atoms with van der Waals surface area (Å²) in [4.78, 5) is 14.6. The molecule has 1 aromatic carbocycles. The van der Waals surface area contributed by atoms with Crippen LogP contribution >= 0.6 is 0 Å². The summed E-state index contributed by atoms with van der Waals surface area (Å²) in [6.07, 6.45) is 3.99. The van der Waals surface area contributed by atoms with Crippen molar-refractivity contribution < 1.29 is 17.9 Å². The zero-order valence-corrected chi connectivity index (χ0v) is 14.0. The van der Waals surface area contributed by atoms with Crippen molar-refractivity contribution >= 4 is 15.9 Å². The van der Waals surface area contributed by atoms with Gasteiger partial charge in [0.05, 0.1) is 6.26 Å². The van der Waals surface area contributed by atoms with Crippen molar-refractivity contribution in [1.82, 2.24) is 9.62 Å². The van der Waals surface area contributed by atoms with Gasteiger partial charge in [-0.15, -0.1) is 0 Å². The lowest BCUT2D eigenvalue weighted by molar-refractivity contribution is -0.141. The Bertz CT molecular complexity index is 664. The fourth-order valence-corrected chi connectivity index (χ4v) is 3.75. The van der Waals surface area contributed by atoms with Crippen LogP contribution in [0.4, 0.5) is 0 Å². The van der Waals surface area contributed by atoms with Crippen LogP contribution in [0.3, 0.4) is 0 Å². The number of sulfonamides is 1. The minimum absolute atomic E-state index is 0.0406. The van der Waals surface area contributed by atoms with Crippen LogP contribution < -0.4 is 9.46 Å². The van der Waals surface area contributed by atoms with Crippen molar-refractivity contribution in [3.63, 3.8) is 0 Å². The van der Waals surface area contributed by atoms with E-state index >= 15 is 0 Å². The Morgan fingerprint density at radius 1 is 1.35 bits per heavy atom. The second-order valence-corrected chi connectivity index (χ2v) is 8.05. The molecule has 1 fully saturated rings. The Balaban J connectivity index is 1.67. The number of nitrogens with zero attached hydrogens (tertiary/aromatic N) is 1. The molecule has 2 aliphatic heterocycles. The maximum atomic E-state index is 12.8. The molecule has 0 bridgehead atoms. The SMILES string of the molecule is CS(=O)(=O)NCC1CCCCN1C(=O)C1Cc2ccccc2O1. The Morgan fingerprint density at radius 2 is 2.13 bits per heavy atom. The number of para-hydroxylation sites is 1. The van der Waals surface area contributed by atoms with E-state index in [2.05, 4.69) is 4.72 Å². The second kappa shape index (κ2) is 6.49. The van der Waals surface area contributed by atoms with Crippen LogP contribution in [-0.2, 0) is 21.2 Å². The smallest absolute Gasteiger partial charge is 0.264 e. The molecule has 1 amide bonds. The molecule has 7 heteroatoms. The first-order valence-electron chi connectivity index (χ1n) is 7.94. The van der Waals surface area contributed by atoms with E-state index in [1.807, 2.05) is 24.3 Å². The van der Waals surface area contributed by atoms with E-state index in [4.69, 9.17) is 4.74 Å². The lowest BCUT2D eigenvalue weighted by atomic mass is 10.0. The van der Waals surface area contributed by atoms with Gasteiger partial charge in [0, 0.05) is 25.6 Å². The fraction of sp³-hybridized carbons (Fsp3) is 0.562. The zero-order chi connectivity index (χ0) is 16.4. The third-order valence-corrected chi connectivity index (χ3v) is 5.10. The van der Waals surface area contributed by atoms with E-state index in [0.717, 1.165) is 36.8 Å². The molecule has 23 heavy (non-hydrogen) atoms. The van der Waals surface area contributed by atoms with Crippen molar-refractivity contribution in [2.24, 2.45) is 0 Å². The van der Waals surface area contributed by atoms with Crippen LogP contribution in [0, 0.1) is 0 Å². The number of benzene rings is 1. The summed E-state index contributed by atoms with van der Waals surface area (Å²) < 4.78 is 30.9. The number of likely N-dealkylation sites (tertiary alicyclic amines) is 1. The largest absolute Gasteiger partial charge is 0.480 e. The van der Waals surface area contributed by atoms with Crippen LogP contribution in [0.25, 0.3) is 0 Å². The molecule has 3 rings (SSSR count). The van der Waals surface area contributed by atoms with Gasteiger partial charge in [0.1, 0.15) is 5.75 Å². The molecule has 1 N–H and O–H groups in total. The van der Waals surface area contributed by atoms with E-state index in [1.54, 1.807) is 4.90 Å². The third-order valence-electron chi connectivity index (χ3n) is 4.41. The van der Waals surface area contributed by atoms with E-state index < -0.39 is 16.1 Å². The lowest BCUT2D eigenvalue weighted by Crippen LogP contribution is -2.53. The maximum Gasteiger partial charge on any atom is 0.264 e. The summed E-state index contributed by atoms with van der Waals surface area (Å²) in [5, 5.41) is 0. The lowest BCUT2D eigenvalue weighted by Gasteiger charge is -2.37. The molecular weight excluding hydrogens is 316 g/mol. The van der Waals surface area contributed by atoms with Crippen LogP contribution in [-0.4, -0.2) is 50.7 Å². The third kappa shape index (κ3) is 3.84. The van der Waals surface area contributed by atoms with Gasteiger partial charge in [-0.2, -0.15) is 0 Å². The average molecular weight is 338 g/mol. The molecule has 0 saturated carbocycles. The van der Waals surface area contributed by atoms with E-state index in [9.17, 15) is 13.2 Å². The number of hydrogen-bond acceptors (Lipinski definition) is 4. The molecule has 0 aromatic heterocycles. The standard InChI is InChI=1S/C16H22N2O4S/c1-23(20,21)17-11-13-7-4-5-9-18(13)16(19)15-10-12-6-2-3-8-14(12)22-15/h2-3,6,8,13,15,17H,4-5,7,9-11H2,1H3. The number of rotatable bonds is 4. The van der Waals surface area contributed by atoms with E-state index in [-0.39, 0.29) is 18.5 Å². The maximum absolute atomic E-state index is 12.8. The number of ether oxygens (including phenoxy) is 1. The summed E-state index contributed by atoms with van der Waals surface area (Å²) in [6, 6.07) is 7.58. The highest BCUT2D eigenvalue weighted by atomic mass is 32.2. The van der Waals surface area contributed by atoms with Crippen LogP contribution in [0.2, 0.25) is 0 Å². The molecule has 126 valence electrons. The molecule has 2 unspecified atom stereocenters. The van der Waals surface area contributed by atoms with E-state index in [1.165, 1.54) is 0 Å². The normalized spacial score (nSPS) is 24.1. The number of piperidine rings is 1. The molecule has 0 spiro atoms. The van der Waals surface area contributed by atoms with Crippen molar-refractivity contribution in [3.05, 3.63) is 29.8 Å². The van der Waals surface area contributed by atoms with Crippen molar-refractivity contribution in [3.8, 4) is 5.75 Å². The summed E-state index contributed by atoms with van der Waals surface area (Å²) in [7, 11) is -3.25. The highest BCUT2D eigenvalue weighted by Gasteiger charge is 2.36. The van der Waals surface area contributed by atoms with Crippen molar-refractivity contribution in [1.29, 1.82) is 0 Å². The first-order valence-corrected chi connectivity index (χ1v) is 9.83. The topological polar surface area (TPSA) is 75.7 Å². The van der Waals surface area contributed by atoms with Crippen molar-refractivity contribution in [2.75, 3.05) is 19.3 Å². The fourth-order valence-electron chi connectivity index (χ4n) is 3.26. The summed E-state index contributed by atoms with van der Waals surface area (Å²) in [5.74, 6) is 0.731. The summed E-state index contributed by atoms with van der Waals surface area (Å²) in [5.41, 5.74) is 1.05. The molecule has 1 aromatic rings. The minimum atomic E-state index is -3.25. The van der Waals surface area contributed by atoms with Crippen LogP contribution in [0.15, 0.2) is 24.3 Å². The highest BCUT2D eigenvalue weighted by molar-refractivity contribution is 7.88. The predicted octanol–water partition coefficient (Wildman–Crippen LogP) is 0.920. The number of fused-ring (bicyclic) bond motifs is 1. The van der Waals surface area contributed by atoms with Gasteiger partial charge >= 0.3 is 0 Å². The van der Waals surface area contributed by atoms with Crippen LogP contribution in [0.5, 0.6) is 5.75 Å². The number of amides is 1. The molecular formula is C16H22N2O4S. The molecule has 2 heterocycles. The number of nitrogens with one attached hydrogen (secondary N) is 1. The van der Waals surface area contributed by atoms with Gasteiger partial charge in [-0.1, -0.05) is 18.2 Å². The second-order valence-electron chi connectivity index (χ2n) is 6.22. The Labute approximate surface area is 136 Å². The monoisotopic (exact) mass is 338 g/mol. The zero-order valence-electron chi connectivity index (χ0n) is 13.2. The Hall–Kier alpha value is -1.60. The van der Waals surface area contributed by atoms with Gasteiger partial charge in [0.25, 0.3) is 5.91 Å². The molecule has 2 aliphatic rings. The van der Waals surface area contributed by atoms with Crippen molar-refractivity contribution in [2.45, 2.75) is 37.8 Å². The summed E-state index contributed by atoms with van der Waals surface area (Å²) in [6.45, 7) is 0.926.